The Kier molecular flexibility index (Phi) is 4.01. The van der Waals surface area contributed by atoms with Gasteiger partial charge in [0.25, 0.3) is 0 Å². The summed E-state index contributed by atoms with van der Waals surface area (Å²) < 4.78 is 0. The first-order valence-electron chi connectivity index (χ1n) is 9.34. The topological polar surface area (TPSA) is 82.7 Å². The molecule has 6 nitrogen and oxygen atoms in total. The van der Waals surface area contributed by atoms with Crippen molar-refractivity contribution in [2.24, 2.45) is 0 Å². The van der Waals surface area contributed by atoms with Crippen LogP contribution >= 0.6 is 0 Å². The Balaban J connectivity index is 1.37. The number of aromatic nitrogens is 3. The molecule has 3 N–H and O–H groups in total. The van der Waals surface area contributed by atoms with Gasteiger partial charge in [-0.1, -0.05) is 30.3 Å². The van der Waals surface area contributed by atoms with Crippen LogP contribution in [-0.4, -0.2) is 21.2 Å². The largest absolute Gasteiger partial charge is 0.323 e. The molecule has 1 aliphatic rings. The summed E-state index contributed by atoms with van der Waals surface area (Å²) in [6.45, 7) is 0. The molecule has 138 valence electrons. The summed E-state index contributed by atoms with van der Waals surface area (Å²) >= 11 is 0. The number of fused-ring (bicyclic) bond motifs is 1. The van der Waals surface area contributed by atoms with Crippen LogP contribution in [0.3, 0.4) is 0 Å². The molecule has 28 heavy (non-hydrogen) atoms. The number of anilines is 2. The van der Waals surface area contributed by atoms with Crippen molar-refractivity contribution in [3.05, 3.63) is 72.6 Å². The lowest BCUT2D eigenvalue weighted by Gasteiger charge is -2.10. The maximum absolute atomic E-state index is 12.2. The van der Waals surface area contributed by atoms with Gasteiger partial charge >= 0.3 is 6.03 Å². The van der Waals surface area contributed by atoms with Crippen LogP contribution in [0.1, 0.15) is 24.5 Å². The minimum absolute atomic E-state index is 0.267. The predicted octanol–water partition coefficient (Wildman–Crippen LogP) is 5.15. The standard InChI is InChI=1S/C22H19N5O/c28-22(24-16-4-2-1-3-5-16)25-17-10-8-14(9-11-17)18-12-20(15-6-7-15)26-21-19(18)13-23-27-21/h1-5,8-13,15H,6-7H2,(H,23,26,27)(H2,24,25,28). The number of amides is 2. The van der Waals surface area contributed by atoms with Gasteiger partial charge in [-0.05, 0) is 54.3 Å². The first-order chi connectivity index (χ1) is 13.8. The van der Waals surface area contributed by atoms with E-state index < -0.39 is 0 Å². The molecular weight excluding hydrogens is 350 g/mol. The Morgan fingerprint density at radius 2 is 1.68 bits per heavy atom. The van der Waals surface area contributed by atoms with Crippen LogP contribution in [0.4, 0.5) is 16.2 Å². The van der Waals surface area contributed by atoms with Crippen molar-refractivity contribution in [1.29, 1.82) is 0 Å². The molecule has 0 atom stereocenters. The fourth-order valence-corrected chi connectivity index (χ4v) is 3.32. The van der Waals surface area contributed by atoms with E-state index in [2.05, 4.69) is 26.9 Å². The molecule has 2 aromatic heterocycles. The van der Waals surface area contributed by atoms with Crippen LogP contribution < -0.4 is 10.6 Å². The van der Waals surface area contributed by atoms with Gasteiger partial charge in [0.1, 0.15) is 0 Å². The summed E-state index contributed by atoms with van der Waals surface area (Å²) in [5.41, 5.74) is 5.62. The number of para-hydroxylation sites is 1. The van der Waals surface area contributed by atoms with Gasteiger partial charge in [-0.3, -0.25) is 5.10 Å². The van der Waals surface area contributed by atoms with E-state index in [9.17, 15) is 4.79 Å². The Labute approximate surface area is 162 Å². The minimum Gasteiger partial charge on any atom is -0.308 e. The van der Waals surface area contributed by atoms with Crippen LogP contribution in [0.15, 0.2) is 66.9 Å². The van der Waals surface area contributed by atoms with E-state index in [1.807, 2.05) is 60.8 Å². The van der Waals surface area contributed by atoms with Crippen molar-refractivity contribution in [2.45, 2.75) is 18.8 Å². The van der Waals surface area contributed by atoms with E-state index in [0.29, 0.717) is 5.92 Å². The number of carbonyl (C=O) groups excluding carboxylic acids is 1. The average molecular weight is 369 g/mol. The van der Waals surface area contributed by atoms with Crippen LogP contribution in [0.2, 0.25) is 0 Å². The average Bonchev–Trinajstić information content (AvgIpc) is 3.46. The second kappa shape index (κ2) is 6.81. The maximum Gasteiger partial charge on any atom is 0.323 e. The summed E-state index contributed by atoms with van der Waals surface area (Å²) in [7, 11) is 0. The molecule has 0 unspecified atom stereocenters. The molecule has 0 spiro atoms. The number of urea groups is 1. The molecule has 5 rings (SSSR count). The molecule has 2 amide bonds. The van der Waals surface area contributed by atoms with Gasteiger partial charge in [-0.15, -0.1) is 0 Å². The van der Waals surface area contributed by atoms with Crippen LogP contribution in [-0.2, 0) is 0 Å². The maximum atomic E-state index is 12.2. The third-order valence-corrected chi connectivity index (χ3v) is 4.92. The summed E-state index contributed by atoms with van der Waals surface area (Å²) in [6, 6.07) is 19.1. The van der Waals surface area contributed by atoms with E-state index in [0.717, 1.165) is 39.2 Å². The number of aromatic amines is 1. The number of nitrogens with zero attached hydrogens (tertiary/aromatic N) is 2. The zero-order valence-corrected chi connectivity index (χ0v) is 15.1. The molecular formula is C22H19N5O. The molecule has 0 radical (unpaired) electrons. The molecule has 4 aromatic rings. The van der Waals surface area contributed by atoms with Crippen molar-refractivity contribution in [3.63, 3.8) is 0 Å². The van der Waals surface area contributed by atoms with Crippen molar-refractivity contribution in [1.82, 2.24) is 15.2 Å². The number of hydrogen-bond acceptors (Lipinski definition) is 3. The summed E-state index contributed by atoms with van der Waals surface area (Å²) in [6.07, 6.45) is 4.21. The zero-order valence-electron chi connectivity index (χ0n) is 15.1. The molecule has 1 aliphatic carbocycles. The highest BCUT2D eigenvalue weighted by Gasteiger charge is 2.26. The Hall–Kier alpha value is -3.67. The van der Waals surface area contributed by atoms with E-state index in [1.54, 1.807) is 0 Å². The van der Waals surface area contributed by atoms with E-state index in [4.69, 9.17) is 4.98 Å². The second-order valence-corrected chi connectivity index (χ2v) is 7.02. The van der Waals surface area contributed by atoms with Gasteiger partial charge in [-0.25, -0.2) is 9.78 Å². The summed E-state index contributed by atoms with van der Waals surface area (Å²) in [4.78, 5) is 16.9. The summed E-state index contributed by atoms with van der Waals surface area (Å²) in [5, 5.41) is 13.8. The van der Waals surface area contributed by atoms with E-state index >= 15 is 0 Å². The Morgan fingerprint density at radius 3 is 2.39 bits per heavy atom. The number of rotatable bonds is 4. The molecule has 0 saturated heterocycles. The smallest absolute Gasteiger partial charge is 0.308 e. The highest BCUT2D eigenvalue weighted by molar-refractivity contribution is 6.00. The Bertz CT molecular complexity index is 1130. The monoisotopic (exact) mass is 369 g/mol. The molecule has 1 fully saturated rings. The summed E-state index contributed by atoms with van der Waals surface area (Å²) in [5.74, 6) is 0.564. The first kappa shape index (κ1) is 16.5. The number of benzene rings is 2. The normalized spacial score (nSPS) is 13.4. The van der Waals surface area contributed by atoms with Crippen molar-refractivity contribution >= 4 is 28.4 Å². The number of H-pyrrole nitrogens is 1. The SMILES string of the molecule is O=C(Nc1ccccc1)Nc1ccc(-c2cc(C3CC3)nc3[nH]ncc23)cc1. The van der Waals surface area contributed by atoms with Gasteiger partial charge in [0, 0.05) is 28.4 Å². The Morgan fingerprint density at radius 1 is 0.964 bits per heavy atom. The molecule has 2 aromatic carbocycles. The molecule has 2 heterocycles. The quantitative estimate of drug-likeness (QED) is 0.465. The van der Waals surface area contributed by atoms with Crippen molar-refractivity contribution < 1.29 is 4.79 Å². The van der Waals surface area contributed by atoms with Gasteiger partial charge in [0.15, 0.2) is 5.65 Å². The van der Waals surface area contributed by atoms with E-state index in [1.165, 1.54) is 12.8 Å². The number of nitrogens with one attached hydrogen (secondary N) is 3. The third-order valence-electron chi connectivity index (χ3n) is 4.92. The van der Waals surface area contributed by atoms with Gasteiger partial charge in [-0.2, -0.15) is 5.10 Å². The van der Waals surface area contributed by atoms with Crippen LogP contribution in [0.25, 0.3) is 22.2 Å². The first-order valence-corrected chi connectivity index (χ1v) is 9.34. The number of carbonyl (C=O) groups is 1. The van der Waals surface area contributed by atoms with E-state index in [-0.39, 0.29) is 6.03 Å². The highest BCUT2D eigenvalue weighted by Crippen LogP contribution is 2.41. The lowest BCUT2D eigenvalue weighted by Crippen LogP contribution is -2.19. The molecule has 1 saturated carbocycles. The number of hydrogen-bond donors (Lipinski definition) is 3. The molecule has 0 aliphatic heterocycles. The molecule has 0 bridgehead atoms. The van der Waals surface area contributed by atoms with Crippen LogP contribution in [0.5, 0.6) is 0 Å². The van der Waals surface area contributed by atoms with Gasteiger partial charge < -0.3 is 10.6 Å². The number of pyridine rings is 1. The third kappa shape index (κ3) is 3.32. The fraction of sp³-hybridized carbons (Fsp3) is 0.136. The fourth-order valence-electron chi connectivity index (χ4n) is 3.32. The lowest BCUT2D eigenvalue weighted by atomic mass is 10.0. The van der Waals surface area contributed by atoms with Crippen molar-refractivity contribution in [2.75, 3.05) is 10.6 Å². The highest BCUT2D eigenvalue weighted by atomic mass is 16.2. The van der Waals surface area contributed by atoms with Crippen LogP contribution in [0, 0.1) is 0 Å². The second-order valence-electron chi connectivity index (χ2n) is 7.02. The molecule has 6 heteroatoms. The zero-order chi connectivity index (χ0) is 18.9. The van der Waals surface area contributed by atoms with Crippen molar-refractivity contribution in [3.8, 4) is 11.1 Å². The van der Waals surface area contributed by atoms with Gasteiger partial charge in [0.05, 0.1) is 6.20 Å². The lowest BCUT2D eigenvalue weighted by molar-refractivity contribution is 0.262. The van der Waals surface area contributed by atoms with Gasteiger partial charge in [0.2, 0.25) is 0 Å². The minimum atomic E-state index is -0.267. The predicted molar refractivity (Wildman–Crippen MR) is 110 cm³/mol.